The second-order valence-corrected chi connectivity index (χ2v) is 10.0. The lowest BCUT2D eigenvalue weighted by molar-refractivity contribution is 0.0915. The van der Waals surface area contributed by atoms with Crippen LogP contribution in [0.1, 0.15) is 22.6 Å². The van der Waals surface area contributed by atoms with Crippen molar-refractivity contribution in [2.45, 2.75) is 32.3 Å². The van der Waals surface area contributed by atoms with E-state index in [0.717, 1.165) is 65.1 Å². The molecule has 1 N–H and O–H groups in total. The predicted molar refractivity (Wildman–Crippen MR) is 127 cm³/mol. The Morgan fingerprint density at radius 3 is 2.97 bits per heavy atom. The van der Waals surface area contributed by atoms with Crippen molar-refractivity contribution >= 4 is 32.3 Å². The monoisotopic (exact) mass is 448 g/mol. The van der Waals surface area contributed by atoms with Crippen molar-refractivity contribution in [1.29, 1.82) is 0 Å². The van der Waals surface area contributed by atoms with Crippen molar-refractivity contribution in [2.75, 3.05) is 19.7 Å². The molecule has 0 fully saturated rings. The molecule has 6 rings (SSSR count). The summed E-state index contributed by atoms with van der Waals surface area (Å²) in [5.74, 6) is 2.03. The van der Waals surface area contributed by atoms with Gasteiger partial charge in [-0.25, -0.2) is 4.39 Å². The van der Waals surface area contributed by atoms with Gasteiger partial charge in [-0.2, -0.15) is 0 Å². The van der Waals surface area contributed by atoms with Crippen molar-refractivity contribution in [3.8, 4) is 11.5 Å². The highest BCUT2D eigenvalue weighted by atomic mass is 32.1. The molecule has 4 aromatic rings. The number of thiophene rings is 1. The number of hydrogen-bond donors (Lipinski definition) is 1. The second-order valence-electron chi connectivity index (χ2n) is 8.87. The molecule has 0 unspecified atom stereocenters. The summed E-state index contributed by atoms with van der Waals surface area (Å²) in [7, 11) is 0. The lowest BCUT2D eigenvalue weighted by Crippen LogP contribution is -2.40. The molecule has 6 heteroatoms. The van der Waals surface area contributed by atoms with E-state index in [1.165, 1.54) is 15.8 Å². The number of rotatable bonds is 4. The normalized spacial score (nSPS) is 19.9. The molecule has 0 amide bonds. The number of halogens is 1. The fraction of sp³-hybridized carbons (Fsp3) is 0.346. The van der Waals surface area contributed by atoms with Gasteiger partial charge in [0.2, 0.25) is 0 Å². The summed E-state index contributed by atoms with van der Waals surface area (Å²) < 4.78 is 27.0. The van der Waals surface area contributed by atoms with Crippen molar-refractivity contribution < 1.29 is 13.9 Å². The maximum absolute atomic E-state index is 13.6. The van der Waals surface area contributed by atoms with Crippen molar-refractivity contribution in [1.82, 2.24) is 10.3 Å². The van der Waals surface area contributed by atoms with Crippen LogP contribution in [-0.2, 0) is 12.8 Å². The van der Waals surface area contributed by atoms with Gasteiger partial charge in [-0.1, -0.05) is 6.07 Å². The van der Waals surface area contributed by atoms with E-state index in [9.17, 15) is 4.39 Å². The van der Waals surface area contributed by atoms with E-state index in [-0.39, 0.29) is 11.9 Å². The van der Waals surface area contributed by atoms with E-state index in [1.54, 1.807) is 23.5 Å². The molecule has 2 aromatic heterocycles. The molecule has 0 saturated heterocycles. The van der Waals surface area contributed by atoms with Gasteiger partial charge in [0, 0.05) is 27.2 Å². The van der Waals surface area contributed by atoms with Crippen LogP contribution in [0.5, 0.6) is 11.5 Å². The summed E-state index contributed by atoms with van der Waals surface area (Å²) >= 11 is 1.76. The Morgan fingerprint density at radius 2 is 2.03 bits per heavy atom. The minimum Gasteiger partial charge on any atom is -0.486 e. The third kappa shape index (κ3) is 3.61. The molecule has 1 aliphatic heterocycles. The lowest BCUT2D eigenvalue weighted by atomic mass is 9.87. The van der Waals surface area contributed by atoms with Gasteiger partial charge in [0.15, 0.2) is 11.5 Å². The third-order valence-electron chi connectivity index (χ3n) is 6.55. The van der Waals surface area contributed by atoms with E-state index in [0.29, 0.717) is 12.5 Å². The lowest BCUT2D eigenvalue weighted by Gasteiger charge is -2.29. The number of hydrogen-bond acceptors (Lipinski definition) is 5. The van der Waals surface area contributed by atoms with Crippen LogP contribution in [0.15, 0.2) is 42.5 Å². The van der Waals surface area contributed by atoms with Gasteiger partial charge in [0.25, 0.3) is 0 Å². The number of benzene rings is 2. The Kier molecular flexibility index (Phi) is 5.00. The zero-order valence-corrected chi connectivity index (χ0v) is 18.8. The predicted octanol–water partition coefficient (Wildman–Crippen LogP) is 5.43. The molecule has 32 heavy (non-hydrogen) atoms. The standard InChI is InChI=1S/C26H25FN2O2S/c1-15-2-5-21-22(29-15)8-9-23-26(21)31-18(14-30-23)13-28-12-16-3-6-19-20-7-4-17(27)11-25(20)32-24(19)10-16/h2,4-5,7-9,11,16,18,28H,3,6,10,12-14H2,1H3/t16-,18-/m0/s1. The number of pyridine rings is 1. The first-order valence-electron chi connectivity index (χ1n) is 11.2. The van der Waals surface area contributed by atoms with Crippen LogP contribution in [0.4, 0.5) is 4.39 Å². The van der Waals surface area contributed by atoms with Gasteiger partial charge in [0.1, 0.15) is 18.5 Å². The van der Waals surface area contributed by atoms with E-state index >= 15 is 0 Å². The van der Waals surface area contributed by atoms with Crippen molar-refractivity contribution in [3.63, 3.8) is 0 Å². The number of ether oxygens (including phenoxy) is 2. The number of nitrogens with zero attached hydrogens (tertiary/aromatic N) is 1. The van der Waals surface area contributed by atoms with Gasteiger partial charge >= 0.3 is 0 Å². The Labute approximate surface area is 190 Å². The van der Waals surface area contributed by atoms with Gasteiger partial charge in [-0.3, -0.25) is 4.98 Å². The second kappa shape index (κ2) is 8.01. The molecule has 2 aromatic carbocycles. The average molecular weight is 449 g/mol. The van der Waals surface area contributed by atoms with Gasteiger partial charge < -0.3 is 14.8 Å². The molecular formula is C26H25FN2O2S. The zero-order valence-electron chi connectivity index (χ0n) is 18.0. The Hall–Kier alpha value is -2.70. The number of nitrogens with one attached hydrogen (secondary N) is 1. The summed E-state index contributed by atoms with van der Waals surface area (Å²) in [6.45, 7) is 4.23. The van der Waals surface area contributed by atoms with Crippen LogP contribution in [0.2, 0.25) is 0 Å². The highest BCUT2D eigenvalue weighted by molar-refractivity contribution is 7.19. The quantitative estimate of drug-likeness (QED) is 0.452. The highest BCUT2D eigenvalue weighted by Gasteiger charge is 2.25. The fourth-order valence-electron chi connectivity index (χ4n) is 4.93. The average Bonchev–Trinajstić information content (AvgIpc) is 3.15. The molecule has 0 bridgehead atoms. The van der Waals surface area contributed by atoms with Gasteiger partial charge in [0.05, 0.1) is 5.52 Å². The van der Waals surface area contributed by atoms with Gasteiger partial charge in [-0.15, -0.1) is 11.3 Å². The summed E-state index contributed by atoms with van der Waals surface area (Å²) in [5.41, 5.74) is 3.35. The Balaban J connectivity index is 1.09. The van der Waals surface area contributed by atoms with Crippen molar-refractivity contribution in [2.24, 2.45) is 5.92 Å². The van der Waals surface area contributed by atoms with Crippen molar-refractivity contribution in [3.05, 3.63) is 64.4 Å². The van der Waals surface area contributed by atoms with Gasteiger partial charge in [-0.05, 0) is 86.0 Å². The first kappa shape index (κ1) is 19.9. The molecule has 0 radical (unpaired) electrons. The molecule has 4 nitrogen and oxygen atoms in total. The minimum atomic E-state index is -0.149. The van der Waals surface area contributed by atoms with E-state index in [2.05, 4.69) is 16.4 Å². The third-order valence-corrected chi connectivity index (χ3v) is 7.77. The van der Waals surface area contributed by atoms with Crippen LogP contribution in [0.3, 0.4) is 0 Å². The van der Waals surface area contributed by atoms with E-state index in [1.807, 2.05) is 31.2 Å². The molecular weight excluding hydrogens is 423 g/mol. The highest BCUT2D eigenvalue weighted by Crippen LogP contribution is 2.39. The summed E-state index contributed by atoms with van der Waals surface area (Å²) in [6.07, 6.45) is 3.26. The SMILES string of the molecule is Cc1ccc2c3c(ccc2n1)OC[C@H](CNC[C@H]1CCc2c(sc4cc(F)ccc24)C1)O3. The molecule has 3 heterocycles. The topological polar surface area (TPSA) is 43.4 Å². The van der Waals surface area contributed by atoms with E-state index in [4.69, 9.17) is 9.47 Å². The fourth-order valence-corrected chi connectivity index (χ4v) is 6.32. The van der Waals surface area contributed by atoms with Crippen LogP contribution in [0.25, 0.3) is 21.0 Å². The summed E-state index contributed by atoms with van der Waals surface area (Å²) in [4.78, 5) is 6.02. The maximum Gasteiger partial charge on any atom is 0.171 e. The van der Waals surface area contributed by atoms with E-state index < -0.39 is 0 Å². The zero-order chi connectivity index (χ0) is 21.7. The maximum atomic E-state index is 13.6. The molecule has 0 spiro atoms. The molecule has 2 atom stereocenters. The minimum absolute atomic E-state index is 0.0270. The largest absolute Gasteiger partial charge is 0.486 e. The summed E-state index contributed by atoms with van der Waals surface area (Å²) in [5, 5.41) is 5.85. The number of fused-ring (bicyclic) bond motifs is 6. The summed E-state index contributed by atoms with van der Waals surface area (Å²) in [6, 6.07) is 13.2. The Morgan fingerprint density at radius 1 is 1.12 bits per heavy atom. The molecule has 164 valence electrons. The first-order chi connectivity index (χ1) is 15.6. The van der Waals surface area contributed by atoms with Crippen LogP contribution in [-0.4, -0.2) is 30.8 Å². The number of aryl methyl sites for hydroxylation is 2. The van der Waals surface area contributed by atoms with Crippen LogP contribution < -0.4 is 14.8 Å². The molecule has 1 aliphatic carbocycles. The van der Waals surface area contributed by atoms with Crippen LogP contribution in [0, 0.1) is 18.7 Å². The molecule has 2 aliphatic rings. The first-order valence-corrected chi connectivity index (χ1v) is 12.1. The number of aromatic nitrogens is 1. The smallest absolute Gasteiger partial charge is 0.171 e. The Bertz CT molecular complexity index is 1320. The van der Waals surface area contributed by atoms with Crippen LogP contribution >= 0.6 is 11.3 Å². The molecule has 0 saturated carbocycles.